The minimum Gasteiger partial charge on any atom is -0.375 e. The van der Waals surface area contributed by atoms with Crippen LogP contribution in [0.4, 0.5) is 0 Å². The van der Waals surface area contributed by atoms with Crippen LogP contribution in [0.2, 0.25) is 0 Å². The SMILES string of the molecule is O[C@]12[C@@H]3[C@H]4C[C@@H]5[C@@H]6[C@H]4[C@@H]1[C@@H]6[C@@]1(OCCCN21)[C@H]53. The smallest absolute Gasteiger partial charge is 0.131 e. The standard InChI is InChI=1S/C14H17NO2/c16-13-9-5-4-6-8-7(5)11(13)12(8)14(10(6)9)15(13)2-1-3-17-14/h5-12,16H,1-4H2/t5-,6+,7-,8+,9+,10+,11+,12+,13+,14-/m0/s1. The van der Waals surface area contributed by atoms with Crippen molar-refractivity contribution in [3.63, 3.8) is 0 Å². The van der Waals surface area contributed by atoms with Crippen molar-refractivity contribution in [2.75, 3.05) is 13.2 Å². The summed E-state index contributed by atoms with van der Waals surface area (Å²) in [6.45, 7) is 2.03. The van der Waals surface area contributed by atoms with Crippen LogP contribution in [0.15, 0.2) is 0 Å². The monoisotopic (exact) mass is 231 g/mol. The van der Waals surface area contributed by atoms with Crippen LogP contribution in [0, 0.1) is 47.3 Å². The highest BCUT2D eigenvalue weighted by Gasteiger charge is 2.99. The summed E-state index contributed by atoms with van der Waals surface area (Å²) in [5.74, 6) is 6.26. The molecule has 8 aliphatic rings. The Morgan fingerprint density at radius 1 is 1.06 bits per heavy atom. The van der Waals surface area contributed by atoms with Gasteiger partial charge in [0.2, 0.25) is 0 Å². The summed E-state index contributed by atoms with van der Waals surface area (Å²) in [5.41, 5.74) is -0.397. The van der Waals surface area contributed by atoms with Crippen molar-refractivity contribution in [1.82, 2.24) is 4.90 Å². The van der Waals surface area contributed by atoms with Gasteiger partial charge in [-0.25, -0.2) is 4.90 Å². The average molecular weight is 231 g/mol. The predicted molar refractivity (Wildman–Crippen MR) is 57.5 cm³/mol. The zero-order chi connectivity index (χ0) is 10.7. The minimum absolute atomic E-state index is 0.0272. The Kier molecular flexibility index (Phi) is 0.873. The highest BCUT2D eigenvalue weighted by Crippen LogP contribution is 2.93. The first-order chi connectivity index (χ1) is 8.31. The first-order valence-corrected chi connectivity index (χ1v) is 7.45. The van der Waals surface area contributed by atoms with E-state index < -0.39 is 5.72 Å². The second-order valence-corrected chi connectivity index (χ2v) is 7.71. The van der Waals surface area contributed by atoms with Crippen molar-refractivity contribution in [3.05, 3.63) is 0 Å². The highest BCUT2D eigenvalue weighted by atomic mass is 16.5. The van der Waals surface area contributed by atoms with Crippen molar-refractivity contribution >= 4 is 0 Å². The van der Waals surface area contributed by atoms with Gasteiger partial charge >= 0.3 is 0 Å². The lowest BCUT2D eigenvalue weighted by molar-refractivity contribution is -0.213. The van der Waals surface area contributed by atoms with Crippen molar-refractivity contribution in [1.29, 1.82) is 0 Å². The summed E-state index contributed by atoms with van der Waals surface area (Å²) < 4.78 is 6.39. The molecule has 3 saturated heterocycles. The number of hydrogen-bond donors (Lipinski definition) is 1. The normalized spacial score (nSPS) is 83.8. The maximum Gasteiger partial charge on any atom is 0.131 e. The molecule has 0 aromatic rings. The molecule has 3 heterocycles. The van der Waals surface area contributed by atoms with E-state index in [4.69, 9.17) is 4.74 Å². The van der Waals surface area contributed by atoms with E-state index in [0.717, 1.165) is 49.2 Å². The third kappa shape index (κ3) is 0.435. The quantitative estimate of drug-likeness (QED) is 0.659. The zero-order valence-corrected chi connectivity index (χ0v) is 9.75. The number of nitrogens with zero attached hydrogens (tertiary/aromatic N) is 1. The Bertz CT molecular complexity index is 491. The van der Waals surface area contributed by atoms with Gasteiger partial charge in [0.15, 0.2) is 0 Å². The molecule has 0 aromatic carbocycles. The topological polar surface area (TPSA) is 32.7 Å². The van der Waals surface area contributed by atoms with Crippen LogP contribution in [0.5, 0.6) is 0 Å². The van der Waals surface area contributed by atoms with E-state index in [0.29, 0.717) is 17.8 Å². The molecule has 17 heavy (non-hydrogen) atoms. The number of aliphatic hydroxyl groups is 1. The molecule has 3 heteroatoms. The van der Waals surface area contributed by atoms with E-state index >= 15 is 0 Å². The van der Waals surface area contributed by atoms with Gasteiger partial charge in [0.25, 0.3) is 0 Å². The Labute approximate surface area is 100 Å². The molecule has 10 atom stereocenters. The fourth-order valence-electron chi connectivity index (χ4n) is 8.60. The second-order valence-electron chi connectivity index (χ2n) is 7.71. The second kappa shape index (κ2) is 1.83. The number of rotatable bonds is 0. The summed E-state index contributed by atoms with van der Waals surface area (Å²) in [4.78, 5) is 2.46. The third-order valence-electron chi connectivity index (χ3n) is 8.15. The molecular weight excluding hydrogens is 214 g/mol. The summed E-state index contributed by atoms with van der Waals surface area (Å²) in [7, 11) is 0. The van der Waals surface area contributed by atoms with Gasteiger partial charge in [0, 0.05) is 30.2 Å². The van der Waals surface area contributed by atoms with Crippen molar-refractivity contribution in [2.45, 2.75) is 24.3 Å². The fourth-order valence-corrected chi connectivity index (χ4v) is 8.60. The molecular formula is C14H17NO2. The van der Waals surface area contributed by atoms with Crippen molar-refractivity contribution in [2.24, 2.45) is 47.3 Å². The fraction of sp³-hybridized carbons (Fsp3) is 1.00. The van der Waals surface area contributed by atoms with Crippen LogP contribution in [-0.4, -0.2) is 34.6 Å². The van der Waals surface area contributed by atoms with Crippen LogP contribution >= 0.6 is 0 Å². The zero-order valence-electron chi connectivity index (χ0n) is 9.75. The van der Waals surface area contributed by atoms with Crippen molar-refractivity contribution in [3.8, 4) is 0 Å². The van der Waals surface area contributed by atoms with Crippen molar-refractivity contribution < 1.29 is 9.84 Å². The molecule has 90 valence electrons. The van der Waals surface area contributed by atoms with E-state index in [9.17, 15) is 5.11 Å². The molecule has 5 saturated carbocycles. The van der Waals surface area contributed by atoms with Gasteiger partial charge in [-0.05, 0) is 36.5 Å². The Morgan fingerprint density at radius 3 is 2.82 bits per heavy atom. The molecule has 8 fully saturated rings. The van der Waals surface area contributed by atoms with Gasteiger partial charge in [0.05, 0.1) is 6.61 Å². The molecule has 0 radical (unpaired) electrons. The summed E-state index contributed by atoms with van der Waals surface area (Å²) >= 11 is 0. The van der Waals surface area contributed by atoms with Gasteiger partial charge in [-0.15, -0.1) is 0 Å². The third-order valence-corrected chi connectivity index (χ3v) is 8.15. The van der Waals surface area contributed by atoms with Gasteiger partial charge < -0.3 is 9.84 Å². The molecule has 1 N–H and O–H groups in total. The summed E-state index contributed by atoms with van der Waals surface area (Å²) in [5, 5.41) is 11.4. The van der Waals surface area contributed by atoms with Crippen LogP contribution in [0.3, 0.4) is 0 Å². The largest absolute Gasteiger partial charge is 0.375 e. The molecule has 8 rings (SSSR count). The molecule has 3 aliphatic heterocycles. The van der Waals surface area contributed by atoms with E-state index in [-0.39, 0.29) is 5.72 Å². The maximum absolute atomic E-state index is 11.4. The molecule has 0 aromatic heterocycles. The van der Waals surface area contributed by atoms with E-state index in [1.165, 1.54) is 6.42 Å². The summed E-state index contributed by atoms with van der Waals surface area (Å²) in [6, 6.07) is 0. The van der Waals surface area contributed by atoms with E-state index in [1.54, 1.807) is 0 Å². The molecule has 5 aliphatic carbocycles. The number of ether oxygens (including phenoxy) is 1. The first-order valence-electron chi connectivity index (χ1n) is 7.45. The minimum atomic E-state index is -0.424. The molecule has 1 spiro atoms. The molecule has 3 nitrogen and oxygen atoms in total. The van der Waals surface area contributed by atoms with Gasteiger partial charge in [-0.1, -0.05) is 0 Å². The first kappa shape index (κ1) is 8.13. The van der Waals surface area contributed by atoms with Gasteiger partial charge in [-0.2, -0.15) is 0 Å². The Balaban J connectivity index is 1.64. The molecule has 0 amide bonds. The highest BCUT2D eigenvalue weighted by molar-refractivity contribution is 5.43. The number of hydrogen-bond acceptors (Lipinski definition) is 3. The van der Waals surface area contributed by atoms with Crippen LogP contribution < -0.4 is 0 Å². The molecule has 4 bridgehead atoms. The van der Waals surface area contributed by atoms with Crippen LogP contribution in [-0.2, 0) is 4.74 Å². The average Bonchev–Trinajstić information content (AvgIpc) is 2.89. The van der Waals surface area contributed by atoms with Gasteiger partial charge in [-0.3, -0.25) is 0 Å². The summed E-state index contributed by atoms with van der Waals surface area (Å²) in [6.07, 6.45) is 2.55. The van der Waals surface area contributed by atoms with Crippen LogP contribution in [0.25, 0.3) is 0 Å². The Morgan fingerprint density at radius 2 is 1.88 bits per heavy atom. The lowest BCUT2D eigenvalue weighted by Gasteiger charge is -2.47. The van der Waals surface area contributed by atoms with Gasteiger partial charge in [0.1, 0.15) is 11.4 Å². The Hall–Kier alpha value is -0.120. The maximum atomic E-state index is 11.4. The van der Waals surface area contributed by atoms with Crippen LogP contribution in [0.1, 0.15) is 12.8 Å². The lowest BCUT2D eigenvalue weighted by Crippen LogP contribution is -2.55. The lowest BCUT2D eigenvalue weighted by atomic mass is 9.58. The molecule has 0 unspecified atom stereocenters. The predicted octanol–water partition coefficient (Wildman–Crippen LogP) is 0.495. The van der Waals surface area contributed by atoms with E-state index in [2.05, 4.69) is 4.90 Å². The van der Waals surface area contributed by atoms with E-state index in [1.807, 2.05) is 0 Å².